The van der Waals surface area contributed by atoms with Gasteiger partial charge in [-0.2, -0.15) is 0 Å². The Hall–Kier alpha value is -2.36. The molecule has 1 N–H and O–H groups in total. The molecule has 2 aromatic rings. The van der Waals surface area contributed by atoms with Crippen LogP contribution in [0.1, 0.15) is 18.1 Å². The number of carbonyl (C=O) groups is 1. The number of aromatic nitrogens is 1. The van der Waals surface area contributed by atoms with Crippen LogP contribution < -0.4 is 10.1 Å². The minimum atomic E-state index is -0.0541. The van der Waals surface area contributed by atoms with Gasteiger partial charge in [-0.15, -0.1) is 0 Å². The predicted molar refractivity (Wildman–Crippen MR) is 78.9 cm³/mol. The lowest BCUT2D eigenvalue weighted by Gasteiger charge is -2.07. The molecule has 20 heavy (non-hydrogen) atoms. The van der Waals surface area contributed by atoms with E-state index in [1.807, 2.05) is 44.2 Å². The highest BCUT2D eigenvalue weighted by Crippen LogP contribution is 2.13. The maximum Gasteiger partial charge on any atom is 0.228 e. The number of amides is 1. The highest BCUT2D eigenvalue weighted by atomic mass is 16.5. The van der Waals surface area contributed by atoms with E-state index in [0.717, 1.165) is 22.6 Å². The molecular weight excluding hydrogens is 252 g/mol. The van der Waals surface area contributed by atoms with Crippen molar-refractivity contribution in [2.45, 2.75) is 20.3 Å². The molecule has 0 spiro atoms. The van der Waals surface area contributed by atoms with Crippen molar-refractivity contribution >= 4 is 11.6 Å². The van der Waals surface area contributed by atoms with Crippen LogP contribution in [0.2, 0.25) is 0 Å². The fourth-order valence-electron chi connectivity index (χ4n) is 1.88. The van der Waals surface area contributed by atoms with E-state index in [2.05, 4.69) is 10.3 Å². The van der Waals surface area contributed by atoms with Gasteiger partial charge in [0, 0.05) is 6.20 Å². The fraction of sp³-hybridized carbons (Fsp3) is 0.250. The Morgan fingerprint density at radius 1 is 1.25 bits per heavy atom. The molecule has 0 bridgehead atoms. The molecule has 0 saturated carbocycles. The van der Waals surface area contributed by atoms with Crippen molar-refractivity contribution in [3.05, 3.63) is 53.9 Å². The Kier molecular flexibility index (Phi) is 4.71. The Morgan fingerprint density at radius 2 is 2.00 bits per heavy atom. The molecule has 0 atom stereocenters. The van der Waals surface area contributed by atoms with Crippen molar-refractivity contribution in [1.29, 1.82) is 0 Å². The monoisotopic (exact) mass is 270 g/mol. The van der Waals surface area contributed by atoms with Gasteiger partial charge in [0.2, 0.25) is 5.91 Å². The summed E-state index contributed by atoms with van der Waals surface area (Å²) in [6, 6.07) is 9.45. The molecule has 0 aliphatic heterocycles. The molecule has 4 nitrogen and oxygen atoms in total. The Bertz CT molecular complexity index is 579. The number of aryl methyl sites for hydroxylation is 1. The van der Waals surface area contributed by atoms with Gasteiger partial charge < -0.3 is 10.1 Å². The molecule has 0 radical (unpaired) electrons. The normalized spacial score (nSPS) is 10.1. The number of nitrogens with one attached hydrogen (secondary N) is 1. The van der Waals surface area contributed by atoms with Gasteiger partial charge in [0.05, 0.1) is 24.9 Å². The fourth-order valence-corrected chi connectivity index (χ4v) is 1.88. The summed E-state index contributed by atoms with van der Waals surface area (Å²) in [5.74, 6) is 0.765. The average Bonchev–Trinajstić information content (AvgIpc) is 2.41. The Morgan fingerprint density at radius 3 is 2.65 bits per heavy atom. The largest absolute Gasteiger partial charge is 0.494 e. The molecule has 0 aliphatic rings. The minimum Gasteiger partial charge on any atom is -0.494 e. The number of ether oxygens (including phenoxy) is 1. The van der Waals surface area contributed by atoms with E-state index >= 15 is 0 Å². The first-order valence-electron chi connectivity index (χ1n) is 6.60. The van der Waals surface area contributed by atoms with Crippen molar-refractivity contribution in [3.63, 3.8) is 0 Å². The Labute approximate surface area is 118 Å². The number of hydrogen-bond donors (Lipinski definition) is 1. The molecule has 0 saturated heterocycles. The minimum absolute atomic E-state index is 0.0541. The number of carbonyl (C=O) groups excluding carboxylic acids is 1. The van der Waals surface area contributed by atoms with E-state index in [-0.39, 0.29) is 5.91 Å². The summed E-state index contributed by atoms with van der Waals surface area (Å²) in [5, 5.41) is 2.84. The van der Waals surface area contributed by atoms with Gasteiger partial charge in [-0.25, -0.2) is 0 Å². The van der Waals surface area contributed by atoms with Gasteiger partial charge >= 0.3 is 0 Å². The first kappa shape index (κ1) is 14.1. The standard InChI is InChI=1S/C16H18N2O2/c1-3-20-15-6-4-13(5-7-15)9-16(19)18-14-8-12(2)10-17-11-14/h4-8,10-11H,3,9H2,1-2H3,(H,18,19). The quantitative estimate of drug-likeness (QED) is 0.908. The smallest absolute Gasteiger partial charge is 0.228 e. The lowest BCUT2D eigenvalue weighted by molar-refractivity contribution is -0.115. The Balaban J connectivity index is 1.94. The lowest BCUT2D eigenvalue weighted by atomic mass is 10.1. The zero-order valence-electron chi connectivity index (χ0n) is 11.7. The van der Waals surface area contributed by atoms with Crippen LogP contribution >= 0.6 is 0 Å². The molecule has 0 aliphatic carbocycles. The third kappa shape index (κ3) is 4.09. The predicted octanol–water partition coefficient (Wildman–Crippen LogP) is 2.97. The van der Waals surface area contributed by atoms with Gasteiger partial charge in [0.1, 0.15) is 5.75 Å². The van der Waals surface area contributed by atoms with Gasteiger partial charge in [-0.3, -0.25) is 9.78 Å². The summed E-state index contributed by atoms with van der Waals surface area (Å²) in [4.78, 5) is 16.0. The van der Waals surface area contributed by atoms with Crippen LogP contribution in [-0.2, 0) is 11.2 Å². The van der Waals surface area contributed by atoms with Crippen molar-refractivity contribution < 1.29 is 9.53 Å². The molecule has 4 heteroatoms. The SMILES string of the molecule is CCOc1ccc(CC(=O)Nc2cncc(C)c2)cc1. The van der Waals surface area contributed by atoms with Gasteiger partial charge in [0.25, 0.3) is 0 Å². The van der Waals surface area contributed by atoms with E-state index in [1.54, 1.807) is 12.4 Å². The second-order valence-corrected chi connectivity index (χ2v) is 4.55. The van der Waals surface area contributed by atoms with Crippen molar-refractivity contribution in [3.8, 4) is 5.75 Å². The maximum absolute atomic E-state index is 11.9. The summed E-state index contributed by atoms with van der Waals surface area (Å²) in [7, 11) is 0. The molecule has 0 fully saturated rings. The van der Waals surface area contributed by atoms with Crippen LogP contribution in [0.3, 0.4) is 0 Å². The highest BCUT2D eigenvalue weighted by Gasteiger charge is 2.05. The second kappa shape index (κ2) is 6.70. The number of anilines is 1. The average molecular weight is 270 g/mol. The summed E-state index contributed by atoms with van der Waals surface area (Å²) < 4.78 is 5.37. The summed E-state index contributed by atoms with van der Waals surface area (Å²) in [6.45, 7) is 4.52. The van der Waals surface area contributed by atoms with Crippen molar-refractivity contribution in [2.75, 3.05) is 11.9 Å². The van der Waals surface area contributed by atoms with E-state index in [4.69, 9.17) is 4.74 Å². The number of hydrogen-bond acceptors (Lipinski definition) is 3. The number of rotatable bonds is 5. The zero-order valence-corrected chi connectivity index (χ0v) is 11.7. The van der Waals surface area contributed by atoms with E-state index in [1.165, 1.54) is 0 Å². The summed E-state index contributed by atoms with van der Waals surface area (Å²) in [6.07, 6.45) is 3.73. The van der Waals surface area contributed by atoms with E-state index < -0.39 is 0 Å². The van der Waals surface area contributed by atoms with E-state index in [9.17, 15) is 4.79 Å². The summed E-state index contributed by atoms with van der Waals surface area (Å²) in [5.41, 5.74) is 2.69. The first-order chi connectivity index (χ1) is 9.67. The highest BCUT2D eigenvalue weighted by molar-refractivity contribution is 5.92. The zero-order chi connectivity index (χ0) is 14.4. The van der Waals surface area contributed by atoms with Crippen LogP contribution in [0.4, 0.5) is 5.69 Å². The molecule has 1 aromatic heterocycles. The van der Waals surface area contributed by atoms with Gasteiger partial charge in [-0.05, 0) is 43.2 Å². The summed E-state index contributed by atoms with van der Waals surface area (Å²) >= 11 is 0. The second-order valence-electron chi connectivity index (χ2n) is 4.55. The molecular formula is C16H18N2O2. The number of pyridine rings is 1. The molecule has 104 valence electrons. The van der Waals surface area contributed by atoms with Crippen molar-refractivity contribution in [1.82, 2.24) is 4.98 Å². The molecule has 2 rings (SSSR count). The number of benzene rings is 1. The van der Waals surface area contributed by atoms with Gasteiger partial charge in [0.15, 0.2) is 0 Å². The molecule has 0 unspecified atom stereocenters. The third-order valence-corrected chi connectivity index (χ3v) is 2.76. The molecule has 1 heterocycles. The number of nitrogens with zero attached hydrogens (tertiary/aromatic N) is 1. The van der Waals surface area contributed by atoms with Crippen LogP contribution in [-0.4, -0.2) is 17.5 Å². The van der Waals surface area contributed by atoms with Crippen molar-refractivity contribution in [2.24, 2.45) is 0 Å². The van der Waals surface area contributed by atoms with Crippen LogP contribution in [0.25, 0.3) is 0 Å². The first-order valence-corrected chi connectivity index (χ1v) is 6.60. The van der Waals surface area contributed by atoms with Crippen LogP contribution in [0.5, 0.6) is 5.75 Å². The molecule has 1 aromatic carbocycles. The van der Waals surface area contributed by atoms with Crippen LogP contribution in [0, 0.1) is 6.92 Å². The molecule has 1 amide bonds. The van der Waals surface area contributed by atoms with Gasteiger partial charge in [-0.1, -0.05) is 12.1 Å². The van der Waals surface area contributed by atoms with E-state index in [0.29, 0.717) is 13.0 Å². The third-order valence-electron chi connectivity index (χ3n) is 2.76. The van der Waals surface area contributed by atoms with Crippen LogP contribution in [0.15, 0.2) is 42.7 Å². The lowest BCUT2D eigenvalue weighted by Crippen LogP contribution is -2.14. The topological polar surface area (TPSA) is 51.2 Å². The maximum atomic E-state index is 11.9.